The number of hydrogen-bond acceptors (Lipinski definition) is 3. The molecule has 2 atom stereocenters. The van der Waals surface area contributed by atoms with Crippen LogP contribution in [-0.2, 0) is 4.79 Å². The lowest BCUT2D eigenvalue weighted by Crippen LogP contribution is -2.33. The molecule has 0 unspecified atom stereocenters. The fraction of sp³-hybridized carbons (Fsp3) is 0.250. The second-order valence-electron chi connectivity index (χ2n) is 8.32. The van der Waals surface area contributed by atoms with Crippen molar-refractivity contribution in [1.29, 1.82) is 0 Å². The number of rotatable bonds is 2. The van der Waals surface area contributed by atoms with Crippen molar-refractivity contribution in [3.63, 3.8) is 0 Å². The summed E-state index contributed by atoms with van der Waals surface area (Å²) in [5.41, 5.74) is 4.21. The van der Waals surface area contributed by atoms with E-state index < -0.39 is 17.7 Å². The van der Waals surface area contributed by atoms with Gasteiger partial charge in [-0.2, -0.15) is 5.10 Å². The van der Waals surface area contributed by atoms with Gasteiger partial charge in [0.1, 0.15) is 23.5 Å². The summed E-state index contributed by atoms with van der Waals surface area (Å²) >= 11 is 6.06. The quantitative estimate of drug-likeness (QED) is 0.528. The summed E-state index contributed by atoms with van der Waals surface area (Å²) in [7, 11) is 0. The summed E-state index contributed by atoms with van der Waals surface area (Å²) in [5, 5.41) is 8.76. The Kier molecular flexibility index (Phi) is 4.70. The highest BCUT2D eigenvalue weighted by molar-refractivity contribution is 6.30. The molecule has 0 spiro atoms. The molecule has 1 aliphatic heterocycles. The monoisotopic (exact) mass is 439 g/mol. The summed E-state index contributed by atoms with van der Waals surface area (Å²) < 4.78 is 29.9. The van der Waals surface area contributed by atoms with Gasteiger partial charge < -0.3 is 5.32 Å². The van der Waals surface area contributed by atoms with E-state index in [0.29, 0.717) is 34.8 Å². The molecule has 0 fully saturated rings. The van der Waals surface area contributed by atoms with E-state index in [-0.39, 0.29) is 11.7 Å². The van der Waals surface area contributed by atoms with Crippen LogP contribution in [0.2, 0.25) is 5.02 Å². The number of halogens is 3. The largest absolute Gasteiger partial charge is 0.343 e. The molecule has 5 rings (SSSR count). The zero-order valence-corrected chi connectivity index (χ0v) is 17.8. The number of carbonyl (C=O) groups excluding carboxylic acids is 1. The normalized spacial score (nSPS) is 20.4. The van der Waals surface area contributed by atoms with Crippen molar-refractivity contribution in [3.05, 3.63) is 81.6 Å². The molecule has 31 heavy (non-hydrogen) atoms. The minimum absolute atomic E-state index is 0.0252. The number of hydrogen-bond donors (Lipinski definition) is 1. The Morgan fingerprint density at radius 2 is 1.77 bits per heavy atom. The van der Waals surface area contributed by atoms with Gasteiger partial charge in [-0.25, -0.2) is 13.5 Å². The van der Waals surface area contributed by atoms with E-state index in [9.17, 15) is 13.6 Å². The van der Waals surface area contributed by atoms with Crippen LogP contribution in [0, 0.1) is 24.5 Å². The molecule has 2 heterocycles. The fourth-order valence-electron chi connectivity index (χ4n) is 4.68. The standard InChI is InChI=1S/C24H20ClF2N3O/c1-12-7-19-22(20(31)8-12)23(15-9-17(26)11-18(27)10-15)30-24(28-19)21(13(2)29-30)14-3-5-16(25)6-4-14/h3-6,9-12,23,28H,7-8H2,1-2H3/t12-,23-/m1/s1. The van der Waals surface area contributed by atoms with Crippen LogP contribution in [0.15, 0.2) is 53.7 Å². The molecule has 0 amide bonds. The summed E-state index contributed by atoms with van der Waals surface area (Å²) in [6, 6.07) is 10.1. The summed E-state index contributed by atoms with van der Waals surface area (Å²) in [4.78, 5) is 13.1. The van der Waals surface area contributed by atoms with E-state index in [4.69, 9.17) is 16.7 Å². The Morgan fingerprint density at radius 1 is 1.10 bits per heavy atom. The number of benzene rings is 2. The lowest BCUT2D eigenvalue weighted by molar-refractivity contribution is -0.117. The van der Waals surface area contributed by atoms with Crippen LogP contribution in [0.3, 0.4) is 0 Å². The van der Waals surface area contributed by atoms with Gasteiger partial charge in [0, 0.05) is 34.3 Å². The Balaban J connectivity index is 1.76. The number of fused-ring (bicyclic) bond motifs is 1. The SMILES string of the molecule is Cc1nn2c(c1-c1ccc(Cl)cc1)NC1=C(C(=O)C[C@H](C)C1)[C@H]2c1cc(F)cc(F)c1. The molecule has 1 aliphatic carbocycles. The topological polar surface area (TPSA) is 46.9 Å². The first-order valence-electron chi connectivity index (χ1n) is 10.2. The summed E-state index contributed by atoms with van der Waals surface area (Å²) in [6.07, 6.45) is 1.08. The first-order valence-corrected chi connectivity index (χ1v) is 10.5. The highest BCUT2D eigenvalue weighted by atomic mass is 35.5. The molecule has 0 radical (unpaired) electrons. The smallest absolute Gasteiger partial charge is 0.163 e. The number of nitrogens with one attached hydrogen (secondary N) is 1. The number of carbonyl (C=O) groups is 1. The molecule has 0 saturated carbocycles. The first-order chi connectivity index (χ1) is 14.8. The number of aryl methyl sites for hydroxylation is 1. The molecule has 1 aromatic heterocycles. The Labute approximate surface area is 183 Å². The second-order valence-corrected chi connectivity index (χ2v) is 8.76. The molecule has 7 heteroatoms. The van der Waals surface area contributed by atoms with Gasteiger partial charge >= 0.3 is 0 Å². The zero-order valence-electron chi connectivity index (χ0n) is 17.0. The third-order valence-electron chi connectivity index (χ3n) is 5.92. The van der Waals surface area contributed by atoms with Crippen molar-refractivity contribution in [2.45, 2.75) is 32.7 Å². The molecule has 4 nitrogen and oxygen atoms in total. The van der Waals surface area contributed by atoms with Crippen LogP contribution in [0.4, 0.5) is 14.6 Å². The number of ketones is 1. The highest BCUT2D eigenvalue weighted by Gasteiger charge is 2.39. The van der Waals surface area contributed by atoms with Crippen molar-refractivity contribution in [1.82, 2.24) is 9.78 Å². The van der Waals surface area contributed by atoms with E-state index in [2.05, 4.69) is 5.32 Å². The van der Waals surface area contributed by atoms with Crippen LogP contribution in [0.25, 0.3) is 11.1 Å². The van der Waals surface area contributed by atoms with Gasteiger partial charge in [0.25, 0.3) is 0 Å². The maximum atomic E-state index is 14.1. The fourth-order valence-corrected chi connectivity index (χ4v) is 4.81. The number of nitrogens with zero attached hydrogens (tertiary/aromatic N) is 2. The van der Waals surface area contributed by atoms with E-state index >= 15 is 0 Å². The van der Waals surface area contributed by atoms with Gasteiger partial charge in [-0.1, -0.05) is 30.7 Å². The molecule has 158 valence electrons. The Morgan fingerprint density at radius 3 is 2.45 bits per heavy atom. The second kappa shape index (κ2) is 7.31. The molecule has 3 aromatic rings. The predicted molar refractivity (Wildman–Crippen MR) is 116 cm³/mol. The average Bonchev–Trinajstić information content (AvgIpc) is 3.01. The van der Waals surface area contributed by atoms with Gasteiger partial charge in [0.2, 0.25) is 0 Å². The van der Waals surface area contributed by atoms with Gasteiger partial charge in [0.15, 0.2) is 5.78 Å². The summed E-state index contributed by atoms with van der Waals surface area (Å²) in [6.45, 7) is 3.90. The van der Waals surface area contributed by atoms with E-state index in [1.54, 1.807) is 16.8 Å². The number of Topliss-reactive ketones (excluding diaryl/α,β-unsaturated/α-hetero) is 1. The van der Waals surface area contributed by atoms with Crippen molar-refractivity contribution in [2.75, 3.05) is 5.32 Å². The molecule has 1 N–H and O–H groups in total. The van der Waals surface area contributed by atoms with Crippen molar-refractivity contribution < 1.29 is 13.6 Å². The van der Waals surface area contributed by atoms with Gasteiger partial charge in [-0.05, 0) is 54.7 Å². The lowest BCUT2D eigenvalue weighted by atomic mass is 9.81. The van der Waals surface area contributed by atoms with Crippen LogP contribution in [-0.4, -0.2) is 15.6 Å². The molecular weight excluding hydrogens is 420 g/mol. The van der Waals surface area contributed by atoms with Crippen LogP contribution in [0.5, 0.6) is 0 Å². The minimum atomic E-state index is -0.698. The lowest BCUT2D eigenvalue weighted by Gasteiger charge is -2.35. The molecule has 2 aromatic carbocycles. The van der Waals surface area contributed by atoms with Crippen molar-refractivity contribution in [3.8, 4) is 11.1 Å². The van der Waals surface area contributed by atoms with Crippen molar-refractivity contribution >= 4 is 23.2 Å². The van der Waals surface area contributed by atoms with E-state index in [0.717, 1.165) is 28.6 Å². The van der Waals surface area contributed by atoms with Gasteiger partial charge in [-0.15, -0.1) is 0 Å². The third-order valence-corrected chi connectivity index (χ3v) is 6.17. The maximum Gasteiger partial charge on any atom is 0.163 e. The third kappa shape index (κ3) is 3.35. The number of allylic oxidation sites excluding steroid dienone is 2. The summed E-state index contributed by atoms with van der Waals surface area (Å²) in [5.74, 6) is -0.512. The highest BCUT2D eigenvalue weighted by Crippen LogP contribution is 2.46. The molecule has 0 bridgehead atoms. The van der Waals surface area contributed by atoms with Crippen LogP contribution in [0.1, 0.15) is 37.1 Å². The van der Waals surface area contributed by atoms with Crippen LogP contribution >= 0.6 is 11.6 Å². The molecule has 2 aliphatic rings. The van der Waals surface area contributed by atoms with E-state index in [1.165, 1.54) is 12.1 Å². The van der Waals surface area contributed by atoms with Crippen molar-refractivity contribution in [2.24, 2.45) is 5.92 Å². The van der Waals surface area contributed by atoms with Crippen LogP contribution < -0.4 is 5.32 Å². The Hall–Kier alpha value is -2.99. The average molecular weight is 440 g/mol. The molecule has 0 saturated heterocycles. The number of anilines is 1. The maximum absolute atomic E-state index is 14.1. The van der Waals surface area contributed by atoms with E-state index in [1.807, 2.05) is 26.0 Å². The Bertz CT molecular complexity index is 1230. The number of aromatic nitrogens is 2. The molecular formula is C24H20ClF2N3O. The zero-order chi connectivity index (χ0) is 21.9. The van der Waals surface area contributed by atoms with Gasteiger partial charge in [-0.3, -0.25) is 4.79 Å². The first kappa shape index (κ1) is 19.9. The predicted octanol–water partition coefficient (Wildman–Crippen LogP) is 6.06. The van der Waals surface area contributed by atoms with Gasteiger partial charge in [0.05, 0.1) is 5.69 Å². The minimum Gasteiger partial charge on any atom is -0.343 e.